The molecule has 32 heavy (non-hydrogen) atoms. The highest BCUT2D eigenvalue weighted by atomic mass is 16.2. The smallest absolute Gasteiger partial charge is 0.267 e. The summed E-state index contributed by atoms with van der Waals surface area (Å²) >= 11 is 0. The summed E-state index contributed by atoms with van der Waals surface area (Å²) in [6.07, 6.45) is 0. The van der Waals surface area contributed by atoms with Crippen molar-refractivity contribution in [1.29, 1.82) is 0 Å². The molecular formula is C25H28N4O3. The van der Waals surface area contributed by atoms with Gasteiger partial charge in [-0.15, -0.1) is 0 Å². The minimum atomic E-state index is -0.443. The van der Waals surface area contributed by atoms with E-state index in [4.69, 9.17) is 0 Å². The van der Waals surface area contributed by atoms with Gasteiger partial charge in [0.25, 0.3) is 11.5 Å². The zero-order valence-electron chi connectivity index (χ0n) is 18.8. The fourth-order valence-corrected chi connectivity index (χ4v) is 3.18. The first-order valence-electron chi connectivity index (χ1n) is 10.5. The number of anilines is 1. The Kier molecular flexibility index (Phi) is 6.88. The van der Waals surface area contributed by atoms with Gasteiger partial charge in [-0.2, -0.15) is 5.10 Å². The molecule has 0 saturated carbocycles. The van der Waals surface area contributed by atoms with Crippen molar-refractivity contribution >= 4 is 17.5 Å². The van der Waals surface area contributed by atoms with Crippen molar-refractivity contribution in [2.24, 2.45) is 0 Å². The molecule has 1 atom stereocenters. The van der Waals surface area contributed by atoms with Crippen LogP contribution in [-0.4, -0.2) is 21.6 Å². The summed E-state index contributed by atoms with van der Waals surface area (Å²) in [4.78, 5) is 37.7. The summed E-state index contributed by atoms with van der Waals surface area (Å²) in [7, 11) is 0. The van der Waals surface area contributed by atoms with Gasteiger partial charge in [0.15, 0.2) is 0 Å². The largest absolute Gasteiger partial charge is 0.345 e. The first-order valence-corrected chi connectivity index (χ1v) is 10.5. The summed E-state index contributed by atoms with van der Waals surface area (Å²) in [5.41, 5.74) is 1.77. The summed E-state index contributed by atoms with van der Waals surface area (Å²) < 4.78 is 1.13. The van der Waals surface area contributed by atoms with E-state index in [9.17, 15) is 14.4 Å². The van der Waals surface area contributed by atoms with Crippen molar-refractivity contribution in [2.45, 2.75) is 45.7 Å². The molecule has 0 spiro atoms. The van der Waals surface area contributed by atoms with Crippen molar-refractivity contribution in [2.75, 3.05) is 5.32 Å². The molecule has 0 aliphatic rings. The van der Waals surface area contributed by atoms with E-state index in [2.05, 4.69) is 15.7 Å². The molecule has 1 aromatic heterocycles. The van der Waals surface area contributed by atoms with Crippen molar-refractivity contribution < 1.29 is 9.59 Å². The van der Waals surface area contributed by atoms with Gasteiger partial charge in [0.05, 0.1) is 23.0 Å². The summed E-state index contributed by atoms with van der Waals surface area (Å²) in [6.45, 7) is 7.59. The van der Waals surface area contributed by atoms with Crippen LogP contribution in [0.5, 0.6) is 0 Å². The topological polar surface area (TPSA) is 93.1 Å². The van der Waals surface area contributed by atoms with Crippen LogP contribution in [0, 0.1) is 0 Å². The lowest BCUT2D eigenvalue weighted by Crippen LogP contribution is -2.32. The maximum atomic E-state index is 12.9. The fourth-order valence-electron chi connectivity index (χ4n) is 3.18. The summed E-state index contributed by atoms with van der Waals surface area (Å²) in [5, 5.41) is 10.0. The van der Waals surface area contributed by atoms with E-state index in [-0.39, 0.29) is 29.5 Å². The van der Waals surface area contributed by atoms with Crippen molar-refractivity contribution in [3.8, 4) is 0 Å². The molecule has 0 aliphatic carbocycles. The van der Waals surface area contributed by atoms with E-state index in [1.54, 1.807) is 30.3 Å². The fraction of sp³-hybridized carbons (Fsp3) is 0.280. The van der Waals surface area contributed by atoms with Crippen LogP contribution in [0.25, 0.3) is 0 Å². The zero-order valence-corrected chi connectivity index (χ0v) is 18.8. The van der Waals surface area contributed by atoms with Crippen LogP contribution in [0.1, 0.15) is 55.4 Å². The predicted octanol–water partition coefficient (Wildman–Crippen LogP) is 3.67. The monoisotopic (exact) mass is 432 g/mol. The van der Waals surface area contributed by atoms with Gasteiger partial charge in [-0.1, -0.05) is 63.2 Å². The third kappa shape index (κ3) is 5.69. The van der Waals surface area contributed by atoms with Gasteiger partial charge in [0, 0.05) is 11.5 Å². The number of benzene rings is 2. The van der Waals surface area contributed by atoms with Crippen LogP contribution >= 0.6 is 0 Å². The molecule has 0 fully saturated rings. The zero-order chi connectivity index (χ0) is 23.3. The molecule has 7 heteroatoms. The number of hydrogen-bond acceptors (Lipinski definition) is 4. The standard InChI is InChI=1S/C25H28N4O3/c1-17(18-10-6-5-7-11-18)26-24(32)19-12-8-9-13-20(19)27-22(30)16-29-23(31)15-14-21(28-29)25(2,3)4/h5-15,17H,16H2,1-4H3,(H,26,32)(H,27,30). The molecule has 0 saturated heterocycles. The number of nitrogens with one attached hydrogen (secondary N) is 2. The highest BCUT2D eigenvalue weighted by Crippen LogP contribution is 2.19. The number of para-hydroxylation sites is 1. The second-order valence-electron chi connectivity index (χ2n) is 8.66. The molecule has 0 bridgehead atoms. The predicted molar refractivity (Wildman–Crippen MR) is 125 cm³/mol. The first kappa shape index (κ1) is 22.9. The van der Waals surface area contributed by atoms with Gasteiger partial charge >= 0.3 is 0 Å². The Bertz CT molecular complexity index is 1160. The quantitative estimate of drug-likeness (QED) is 0.622. The second-order valence-corrected chi connectivity index (χ2v) is 8.66. The molecule has 2 amide bonds. The number of amides is 2. The van der Waals surface area contributed by atoms with Crippen molar-refractivity contribution in [3.05, 3.63) is 93.9 Å². The minimum absolute atomic E-state index is 0.199. The maximum absolute atomic E-state index is 12.9. The third-order valence-corrected chi connectivity index (χ3v) is 5.02. The van der Waals surface area contributed by atoms with Gasteiger partial charge in [-0.25, -0.2) is 4.68 Å². The number of rotatable bonds is 6. The molecule has 7 nitrogen and oxygen atoms in total. The number of carbonyl (C=O) groups is 2. The average Bonchev–Trinajstić information content (AvgIpc) is 2.75. The lowest BCUT2D eigenvalue weighted by atomic mass is 9.92. The molecule has 166 valence electrons. The Morgan fingerprint density at radius 2 is 1.62 bits per heavy atom. The molecule has 1 heterocycles. The number of hydrogen-bond donors (Lipinski definition) is 2. The molecule has 0 radical (unpaired) electrons. The molecular weight excluding hydrogens is 404 g/mol. The van der Waals surface area contributed by atoms with Crippen LogP contribution in [0.4, 0.5) is 5.69 Å². The highest BCUT2D eigenvalue weighted by molar-refractivity contribution is 6.03. The van der Waals surface area contributed by atoms with Gasteiger partial charge in [-0.3, -0.25) is 14.4 Å². The third-order valence-electron chi connectivity index (χ3n) is 5.02. The molecule has 3 rings (SSSR count). The van der Waals surface area contributed by atoms with E-state index in [0.717, 1.165) is 10.2 Å². The maximum Gasteiger partial charge on any atom is 0.267 e. The number of nitrogens with zero attached hydrogens (tertiary/aromatic N) is 2. The van der Waals surface area contributed by atoms with E-state index >= 15 is 0 Å². The number of carbonyl (C=O) groups excluding carboxylic acids is 2. The second kappa shape index (κ2) is 9.60. The highest BCUT2D eigenvalue weighted by Gasteiger charge is 2.19. The Balaban J connectivity index is 1.74. The lowest BCUT2D eigenvalue weighted by molar-refractivity contribution is -0.117. The number of aromatic nitrogens is 2. The van der Waals surface area contributed by atoms with Gasteiger partial charge in [0.1, 0.15) is 6.54 Å². The molecule has 2 aromatic carbocycles. The van der Waals surface area contributed by atoms with Gasteiger partial charge < -0.3 is 10.6 Å². The van der Waals surface area contributed by atoms with Crippen LogP contribution < -0.4 is 16.2 Å². The first-order chi connectivity index (χ1) is 15.1. The Morgan fingerprint density at radius 1 is 0.969 bits per heavy atom. The molecule has 1 unspecified atom stereocenters. The summed E-state index contributed by atoms with van der Waals surface area (Å²) in [5.74, 6) is -0.746. The van der Waals surface area contributed by atoms with Crippen LogP contribution in [0.3, 0.4) is 0 Å². The van der Waals surface area contributed by atoms with Crippen molar-refractivity contribution in [3.63, 3.8) is 0 Å². The van der Waals surface area contributed by atoms with Gasteiger partial charge in [0.2, 0.25) is 5.91 Å². The molecule has 2 N–H and O–H groups in total. The van der Waals surface area contributed by atoms with E-state index < -0.39 is 5.91 Å². The van der Waals surface area contributed by atoms with Crippen LogP contribution in [0.2, 0.25) is 0 Å². The Labute approximate surface area is 187 Å². The van der Waals surface area contributed by atoms with Crippen LogP contribution in [-0.2, 0) is 16.8 Å². The summed E-state index contributed by atoms with van der Waals surface area (Å²) in [6, 6.07) is 19.3. The minimum Gasteiger partial charge on any atom is -0.345 e. The van der Waals surface area contributed by atoms with Gasteiger partial charge in [-0.05, 0) is 30.7 Å². The van der Waals surface area contributed by atoms with E-state index in [0.29, 0.717) is 16.9 Å². The van der Waals surface area contributed by atoms with E-state index in [1.165, 1.54) is 6.07 Å². The normalized spacial score (nSPS) is 12.1. The molecule has 3 aromatic rings. The Hall–Kier alpha value is -3.74. The van der Waals surface area contributed by atoms with E-state index in [1.807, 2.05) is 58.0 Å². The average molecular weight is 433 g/mol. The molecule has 0 aliphatic heterocycles. The lowest BCUT2D eigenvalue weighted by Gasteiger charge is -2.18. The Morgan fingerprint density at radius 3 is 2.31 bits per heavy atom. The SMILES string of the molecule is CC(NC(=O)c1ccccc1NC(=O)Cn1nc(C(C)(C)C)ccc1=O)c1ccccc1. The van der Waals surface area contributed by atoms with Crippen molar-refractivity contribution in [1.82, 2.24) is 15.1 Å². The van der Waals surface area contributed by atoms with Crippen LogP contribution in [0.15, 0.2) is 71.5 Å².